The average molecular weight is 306 g/mol. The smallest absolute Gasteiger partial charge is 0.258 e. The highest BCUT2D eigenvalue weighted by Crippen LogP contribution is 2.41. The van der Waals surface area contributed by atoms with Crippen molar-refractivity contribution in [3.63, 3.8) is 0 Å². The van der Waals surface area contributed by atoms with E-state index in [-0.39, 0.29) is 0 Å². The largest absolute Gasteiger partial charge is 0.398 e. The molecule has 4 nitrogen and oxygen atoms in total. The maximum Gasteiger partial charge on any atom is 0.258 e. The van der Waals surface area contributed by atoms with Gasteiger partial charge in [0.1, 0.15) is 0 Å². The van der Waals surface area contributed by atoms with Crippen molar-refractivity contribution in [2.24, 2.45) is 5.41 Å². The van der Waals surface area contributed by atoms with E-state index < -0.39 is 0 Å². The van der Waals surface area contributed by atoms with Gasteiger partial charge < -0.3 is 10.3 Å². The average Bonchev–Trinajstić information content (AvgIpc) is 2.91. The van der Waals surface area contributed by atoms with Gasteiger partial charge in [-0.15, -0.1) is 0 Å². The Labute approximate surface area is 129 Å². The first-order valence-corrected chi connectivity index (χ1v) is 7.71. The number of hydrogen-bond acceptors (Lipinski definition) is 4. The minimum Gasteiger partial charge on any atom is -0.398 e. The highest BCUT2D eigenvalue weighted by molar-refractivity contribution is 6.33. The van der Waals surface area contributed by atoms with E-state index in [1.54, 1.807) is 12.1 Å². The predicted octanol–water partition coefficient (Wildman–Crippen LogP) is 4.66. The van der Waals surface area contributed by atoms with Crippen LogP contribution < -0.4 is 5.73 Å². The molecule has 5 heteroatoms. The van der Waals surface area contributed by atoms with E-state index in [1.165, 1.54) is 12.8 Å². The minimum absolute atomic E-state index is 0.403. The summed E-state index contributed by atoms with van der Waals surface area (Å²) in [5.74, 6) is 1.73. The van der Waals surface area contributed by atoms with Gasteiger partial charge in [0, 0.05) is 11.5 Å². The van der Waals surface area contributed by atoms with E-state index in [0.29, 0.717) is 27.9 Å². The SMILES string of the molecule is CC1(C)CCC(c2noc(-c3ccc(Cl)c(N)c3)n2)CC1. The van der Waals surface area contributed by atoms with Gasteiger partial charge in [0.15, 0.2) is 5.82 Å². The van der Waals surface area contributed by atoms with Crippen LogP contribution in [0.5, 0.6) is 0 Å². The molecular weight excluding hydrogens is 286 g/mol. The van der Waals surface area contributed by atoms with E-state index in [2.05, 4.69) is 24.0 Å². The van der Waals surface area contributed by atoms with Crippen LogP contribution in [0.1, 0.15) is 51.3 Å². The van der Waals surface area contributed by atoms with Gasteiger partial charge in [0.05, 0.1) is 10.7 Å². The third-order valence-electron chi connectivity index (χ3n) is 4.39. The maximum absolute atomic E-state index is 5.93. The lowest BCUT2D eigenvalue weighted by Crippen LogP contribution is -2.20. The van der Waals surface area contributed by atoms with E-state index in [9.17, 15) is 0 Å². The number of anilines is 1. The van der Waals surface area contributed by atoms with Crippen LogP contribution in [0.25, 0.3) is 11.5 Å². The van der Waals surface area contributed by atoms with Gasteiger partial charge >= 0.3 is 0 Å². The Hall–Kier alpha value is -1.55. The molecule has 0 radical (unpaired) electrons. The molecule has 1 aliphatic rings. The molecule has 1 aliphatic carbocycles. The van der Waals surface area contributed by atoms with Crippen molar-refractivity contribution in [3.05, 3.63) is 29.0 Å². The van der Waals surface area contributed by atoms with Crippen LogP contribution in [-0.4, -0.2) is 10.1 Å². The molecule has 21 heavy (non-hydrogen) atoms. The summed E-state index contributed by atoms with van der Waals surface area (Å²) in [6, 6.07) is 5.36. The number of rotatable bonds is 2. The van der Waals surface area contributed by atoms with Crippen molar-refractivity contribution in [1.82, 2.24) is 10.1 Å². The van der Waals surface area contributed by atoms with Crippen LogP contribution in [0.4, 0.5) is 5.69 Å². The van der Waals surface area contributed by atoms with Crippen molar-refractivity contribution in [1.29, 1.82) is 0 Å². The zero-order chi connectivity index (χ0) is 15.0. The molecule has 0 atom stereocenters. The zero-order valence-corrected chi connectivity index (χ0v) is 13.2. The van der Waals surface area contributed by atoms with Crippen molar-refractivity contribution >= 4 is 17.3 Å². The molecule has 0 spiro atoms. The highest BCUT2D eigenvalue weighted by Gasteiger charge is 2.30. The monoisotopic (exact) mass is 305 g/mol. The lowest BCUT2D eigenvalue weighted by molar-refractivity contribution is 0.218. The fraction of sp³-hybridized carbons (Fsp3) is 0.500. The number of nitrogen functional groups attached to an aromatic ring is 1. The normalized spacial score (nSPS) is 18.8. The maximum atomic E-state index is 5.93. The van der Waals surface area contributed by atoms with Gasteiger partial charge in [0.25, 0.3) is 5.89 Å². The van der Waals surface area contributed by atoms with E-state index >= 15 is 0 Å². The number of halogens is 1. The Morgan fingerprint density at radius 3 is 2.67 bits per heavy atom. The lowest BCUT2D eigenvalue weighted by Gasteiger charge is -2.32. The molecule has 112 valence electrons. The molecular formula is C16H20ClN3O. The molecule has 1 aromatic heterocycles. The summed E-state index contributed by atoms with van der Waals surface area (Å²) < 4.78 is 5.39. The third kappa shape index (κ3) is 3.05. The highest BCUT2D eigenvalue weighted by atomic mass is 35.5. The second-order valence-electron chi connectivity index (χ2n) is 6.63. The molecule has 0 unspecified atom stereocenters. The summed E-state index contributed by atoms with van der Waals surface area (Å²) in [5, 5.41) is 4.69. The van der Waals surface area contributed by atoms with Crippen LogP contribution in [0.3, 0.4) is 0 Å². The third-order valence-corrected chi connectivity index (χ3v) is 4.73. The number of nitrogens with two attached hydrogens (primary N) is 1. The van der Waals surface area contributed by atoms with Gasteiger partial charge in [-0.2, -0.15) is 4.98 Å². The standard InChI is InChI=1S/C16H20ClN3O/c1-16(2)7-5-10(6-8-16)14-19-15(21-20-14)11-3-4-12(17)13(18)9-11/h3-4,9-10H,5-8,18H2,1-2H3. The van der Waals surface area contributed by atoms with Gasteiger partial charge in [0.2, 0.25) is 0 Å². The van der Waals surface area contributed by atoms with Gasteiger partial charge in [-0.3, -0.25) is 0 Å². The molecule has 0 saturated heterocycles. The predicted molar refractivity (Wildman–Crippen MR) is 84.1 cm³/mol. The second-order valence-corrected chi connectivity index (χ2v) is 7.04. The molecule has 3 rings (SSSR count). The molecule has 1 saturated carbocycles. The first-order chi connectivity index (χ1) is 9.94. The summed E-state index contributed by atoms with van der Waals surface area (Å²) in [5.41, 5.74) is 7.59. The van der Waals surface area contributed by atoms with Crippen molar-refractivity contribution < 1.29 is 4.52 Å². The molecule has 1 heterocycles. The van der Waals surface area contributed by atoms with Crippen LogP contribution in [0.2, 0.25) is 5.02 Å². The summed E-state index contributed by atoms with van der Waals surface area (Å²) in [4.78, 5) is 4.55. The number of nitrogens with zero attached hydrogens (tertiary/aromatic N) is 2. The summed E-state index contributed by atoms with van der Waals surface area (Å²) in [6.45, 7) is 4.64. The van der Waals surface area contributed by atoms with Gasteiger partial charge in [-0.25, -0.2) is 0 Å². The fourth-order valence-corrected chi connectivity index (χ4v) is 2.97. The molecule has 0 bridgehead atoms. The van der Waals surface area contributed by atoms with Crippen LogP contribution in [0, 0.1) is 5.41 Å². The lowest BCUT2D eigenvalue weighted by atomic mass is 9.73. The van der Waals surface area contributed by atoms with Crippen LogP contribution in [0.15, 0.2) is 22.7 Å². The van der Waals surface area contributed by atoms with E-state index in [1.807, 2.05) is 6.07 Å². The summed E-state index contributed by atoms with van der Waals surface area (Å²) >= 11 is 5.93. The minimum atomic E-state index is 0.403. The second kappa shape index (κ2) is 5.34. The van der Waals surface area contributed by atoms with Crippen molar-refractivity contribution in [3.8, 4) is 11.5 Å². The Morgan fingerprint density at radius 1 is 1.29 bits per heavy atom. The Kier molecular flexibility index (Phi) is 3.66. The molecule has 1 fully saturated rings. The zero-order valence-electron chi connectivity index (χ0n) is 12.4. The Morgan fingerprint density at radius 2 is 2.00 bits per heavy atom. The van der Waals surface area contributed by atoms with Crippen LogP contribution >= 0.6 is 11.6 Å². The number of hydrogen-bond donors (Lipinski definition) is 1. The number of aromatic nitrogens is 2. The van der Waals surface area contributed by atoms with Gasteiger partial charge in [-0.05, 0) is 49.3 Å². The topological polar surface area (TPSA) is 64.9 Å². The first kappa shape index (κ1) is 14.4. The summed E-state index contributed by atoms with van der Waals surface area (Å²) in [6.07, 6.45) is 4.65. The van der Waals surface area contributed by atoms with E-state index in [0.717, 1.165) is 24.2 Å². The Balaban J connectivity index is 1.79. The van der Waals surface area contributed by atoms with E-state index in [4.69, 9.17) is 21.9 Å². The Bertz CT molecular complexity index is 641. The van der Waals surface area contributed by atoms with Gasteiger partial charge in [-0.1, -0.05) is 30.6 Å². The quantitative estimate of drug-likeness (QED) is 0.820. The van der Waals surface area contributed by atoms with Crippen molar-refractivity contribution in [2.45, 2.75) is 45.4 Å². The molecule has 1 aromatic carbocycles. The fourth-order valence-electron chi connectivity index (χ4n) is 2.85. The molecule has 0 amide bonds. The first-order valence-electron chi connectivity index (χ1n) is 7.34. The molecule has 2 aromatic rings. The molecule has 2 N–H and O–H groups in total. The van der Waals surface area contributed by atoms with Crippen LogP contribution in [-0.2, 0) is 0 Å². The molecule has 0 aliphatic heterocycles. The summed E-state index contributed by atoms with van der Waals surface area (Å²) in [7, 11) is 0. The number of benzene rings is 1. The van der Waals surface area contributed by atoms with Crippen molar-refractivity contribution in [2.75, 3.05) is 5.73 Å².